The number of anilines is 1. The van der Waals surface area contributed by atoms with Crippen molar-refractivity contribution in [3.8, 4) is 23.4 Å². The standard InChI is InChI=1S/C18H10F4N6O3/c1-30-13-5-10(19)2-3-12(13)31-17-11(6-14(26-28-17)18(20,21)22)16(29)25-15-4-9(7-23)8-24-27-15/h2-6,8H,1H3,(H,25,27,29). The Kier molecular flexibility index (Phi) is 5.91. The summed E-state index contributed by atoms with van der Waals surface area (Å²) < 4.78 is 63.0. The molecule has 0 spiro atoms. The normalized spacial score (nSPS) is 10.8. The number of hydrogen-bond acceptors (Lipinski definition) is 8. The van der Waals surface area contributed by atoms with Crippen LogP contribution in [-0.2, 0) is 6.18 Å². The largest absolute Gasteiger partial charge is 0.493 e. The number of halogens is 4. The van der Waals surface area contributed by atoms with Crippen LogP contribution in [0.1, 0.15) is 21.6 Å². The van der Waals surface area contributed by atoms with E-state index in [1.165, 1.54) is 7.11 Å². The van der Waals surface area contributed by atoms with Crippen molar-refractivity contribution in [1.29, 1.82) is 5.26 Å². The molecule has 2 aromatic heterocycles. The van der Waals surface area contributed by atoms with Gasteiger partial charge < -0.3 is 14.8 Å². The summed E-state index contributed by atoms with van der Waals surface area (Å²) in [5.74, 6) is -2.78. The lowest BCUT2D eigenvalue weighted by Gasteiger charge is -2.13. The van der Waals surface area contributed by atoms with Crippen molar-refractivity contribution in [3.63, 3.8) is 0 Å². The van der Waals surface area contributed by atoms with Gasteiger partial charge in [-0.3, -0.25) is 4.79 Å². The highest BCUT2D eigenvalue weighted by Crippen LogP contribution is 2.34. The van der Waals surface area contributed by atoms with Crippen molar-refractivity contribution in [2.75, 3.05) is 12.4 Å². The van der Waals surface area contributed by atoms with E-state index >= 15 is 0 Å². The zero-order valence-corrected chi connectivity index (χ0v) is 15.4. The van der Waals surface area contributed by atoms with E-state index in [9.17, 15) is 22.4 Å². The second kappa shape index (κ2) is 8.57. The average Bonchev–Trinajstić information content (AvgIpc) is 2.74. The number of carbonyl (C=O) groups excluding carboxylic acids is 1. The number of nitrogens with zero attached hydrogens (tertiary/aromatic N) is 5. The van der Waals surface area contributed by atoms with Crippen LogP contribution in [-0.4, -0.2) is 33.4 Å². The monoisotopic (exact) mass is 434 g/mol. The van der Waals surface area contributed by atoms with Crippen molar-refractivity contribution in [2.24, 2.45) is 0 Å². The highest BCUT2D eigenvalue weighted by atomic mass is 19.4. The minimum atomic E-state index is -4.89. The number of aromatic nitrogens is 4. The predicted octanol–water partition coefficient (Wildman–Crippen LogP) is 3.35. The minimum Gasteiger partial charge on any atom is -0.493 e. The zero-order chi connectivity index (χ0) is 22.6. The first-order valence-electron chi connectivity index (χ1n) is 8.21. The average molecular weight is 434 g/mol. The molecule has 3 aromatic rings. The fourth-order valence-electron chi connectivity index (χ4n) is 2.26. The number of benzene rings is 1. The van der Waals surface area contributed by atoms with Crippen LogP contribution in [0, 0.1) is 17.1 Å². The van der Waals surface area contributed by atoms with Gasteiger partial charge in [0, 0.05) is 12.1 Å². The Morgan fingerprint density at radius 1 is 1.13 bits per heavy atom. The topological polar surface area (TPSA) is 123 Å². The highest BCUT2D eigenvalue weighted by molar-refractivity contribution is 6.05. The summed E-state index contributed by atoms with van der Waals surface area (Å²) in [7, 11) is 1.22. The van der Waals surface area contributed by atoms with Gasteiger partial charge in [0.15, 0.2) is 23.0 Å². The van der Waals surface area contributed by atoms with Crippen LogP contribution in [0.5, 0.6) is 17.4 Å². The molecule has 0 unspecified atom stereocenters. The zero-order valence-electron chi connectivity index (χ0n) is 15.4. The molecule has 13 heteroatoms. The lowest BCUT2D eigenvalue weighted by atomic mass is 10.2. The number of amides is 1. The molecule has 1 aromatic carbocycles. The van der Waals surface area contributed by atoms with Crippen LogP contribution < -0.4 is 14.8 Å². The SMILES string of the molecule is COc1cc(F)ccc1Oc1nnc(C(F)(F)F)cc1C(=O)Nc1cc(C#N)cnn1. The third-order valence-electron chi connectivity index (χ3n) is 3.65. The molecule has 0 bridgehead atoms. The number of carbonyl (C=O) groups is 1. The van der Waals surface area contributed by atoms with Crippen molar-refractivity contribution in [2.45, 2.75) is 6.18 Å². The Bertz CT molecular complexity index is 1180. The molecule has 0 saturated heterocycles. The molecule has 9 nitrogen and oxygen atoms in total. The van der Waals surface area contributed by atoms with E-state index in [0.29, 0.717) is 6.07 Å². The lowest BCUT2D eigenvalue weighted by molar-refractivity contribution is -0.141. The smallest absolute Gasteiger partial charge is 0.435 e. The second-order valence-electron chi connectivity index (χ2n) is 5.74. The van der Waals surface area contributed by atoms with Crippen LogP contribution in [0.2, 0.25) is 0 Å². The van der Waals surface area contributed by atoms with Gasteiger partial charge in [-0.2, -0.15) is 23.5 Å². The molecule has 0 aliphatic rings. The van der Waals surface area contributed by atoms with Crippen LogP contribution in [0.15, 0.2) is 36.5 Å². The number of nitrogens with one attached hydrogen (secondary N) is 1. The van der Waals surface area contributed by atoms with Crippen LogP contribution in [0.4, 0.5) is 23.4 Å². The van der Waals surface area contributed by atoms with Crippen LogP contribution >= 0.6 is 0 Å². The summed E-state index contributed by atoms with van der Waals surface area (Å²) >= 11 is 0. The molecule has 3 rings (SSSR count). The summed E-state index contributed by atoms with van der Waals surface area (Å²) in [4.78, 5) is 12.6. The summed E-state index contributed by atoms with van der Waals surface area (Å²) in [5, 5.41) is 24.5. The Labute approximate surface area is 171 Å². The molecule has 2 heterocycles. The van der Waals surface area contributed by atoms with E-state index in [0.717, 1.165) is 30.5 Å². The number of ether oxygens (including phenoxy) is 2. The third kappa shape index (κ3) is 4.99. The first kappa shape index (κ1) is 21.4. The van der Waals surface area contributed by atoms with Gasteiger partial charge >= 0.3 is 6.18 Å². The van der Waals surface area contributed by atoms with Crippen molar-refractivity contribution in [1.82, 2.24) is 20.4 Å². The van der Waals surface area contributed by atoms with Gasteiger partial charge in [0.25, 0.3) is 11.8 Å². The highest BCUT2D eigenvalue weighted by Gasteiger charge is 2.35. The molecule has 0 fully saturated rings. The maximum Gasteiger partial charge on any atom is 0.435 e. The predicted molar refractivity (Wildman–Crippen MR) is 94.8 cm³/mol. The molecule has 0 aliphatic heterocycles. The summed E-state index contributed by atoms with van der Waals surface area (Å²) in [5.41, 5.74) is -2.05. The molecule has 0 saturated carbocycles. The molecule has 1 N–H and O–H groups in total. The van der Waals surface area contributed by atoms with E-state index < -0.39 is 35.0 Å². The van der Waals surface area contributed by atoms with Gasteiger partial charge in [0.1, 0.15) is 17.4 Å². The van der Waals surface area contributed by atoms with Gasteiger partial charge in [0.05, 0.1) is 18.9 Å². The van der Waals surface area contributed by atoms with Crippen LogP contribution in [0.3, 0.4) is 0 Å². The maximum absolute atomic E-state index is 13.4. The van der Waals surface area contributed by atoms with Crippen molar-refractivity contribution in [3.05, 3.63) is 59.2 Å². The maximum atomic E-state index is 13.4. The Morgan fingerprint density at radius 2 is 1.90 bits per heavy atom. The van der Waals surface area contributed by atoms with Crippen molar-refractivity contribution < 1.29 is 31.8 Å². The van der Waals surface area contributed by atoms with Gasteiger partial charge in [-0.05, 0) is 18.2 Å². The quantitative estimate of drug-likeness (QED) is 0.607. The van der Waals surface area contributed by atoms with E-state index in [1.807, 2.05) is 0 Å². The second-order valence-corrected chi connectivity index (χ2v) is 5.74. The van der Waals surface area contributed by atoms with Crippen LogP contribution in [0.25, 0.3) is 0 Å². The van der Waals surface area contributed by atoms with Gasteiger partial charge in [-0.15, -0.1) is 15.3 Å². The fraction of sp³-hybridized carbons (Fsp3) is 0.111. The Hall–Kier alpha value is -4.34. The van der Waals surface area contributed by atoms with Gasteiger partial charge in [-0.25, -0.2) is 4.39 Å². The first-order chi connectivity index (χ1) is 14.7. The molecular formula is C18H10F4N6O3. The number of nitriles is 1. The molecule has 0 radical (unpaired) electrons. The number of methoxy groups -OCH3 is 1. The molecule has 0 atom stereocenters. The fourth-order valence-corrected chi connectivity index (χ4v) is 2.26. The van der Waals surface area contributed by atoms with E-state index in [1.54, 1.807) is 6.07 Å². The summed E-state index contributed by atoms with van der Waals surface area (Å²) in [6.07, 6.45) is -3.77. The van der Waals surface area contributed by atoms with Crippen molar-refractivity contribution >= 4 is 11.7 Å². The first-order valence-corrected chi connectivity index (χ1v) is 8.21. The Morgan fingerprint density at radius 3 is 2.58 bits per heavy atom. The third-order valence-corrected chi connectivity index (χ3v) is 3.65. The minimum absolute atomic E-state index is 0.0571. The van der Waals surface area contributed by atoms with Gasteiger partial charge in [-0.1, -0.05) is 0 Å². The van der Waals surface area contributed by atoms with E-state index in [4.69, 9.17) is 14.7 Å². The van der Waals surface area contributed by atoms with Gasteiger partial charge in [0.2, 0.25) is 0 Å². The van der Waals surface area contributed by atoms with E-state index in [-0.39, 0.29) is 22.9 Å². The number of hydrogen-bond donors (Lipinski definition) is 1. The number of rotatable bonds is 5. The molecular weight excluding hydrogens is 424 g/mol. The lowest BCUT2D eigenvalue weighted by Crippen LogP contribution is -2.18. The Balaban J connectivity index is 2.02. The summed E-state index contributed by atoms with van der Waals surface area (Å²) in [6, 6.07) is 6.48. The molecule has 158 valence electrons. The molecule has 1 amide bonds. The molecule has 31 heavy (non-hydrogen) atoms. The summed E-state index contributed by atoms with van der Waals surface area (Å²) in [6.45, 7) is 0. The number of alkyl halides is 3. The molecule has 0 aliphatic carbocycles. The van der Waals surface area contributed by atoms with E-state index in [2.05, 4.69) is 25.7 Å².